The minimum absolute atomic E-state index is 0.552. The van der Waals surface area contributed by atoms with Crippen molar-refractivity contribution in [2.75, 3.05) is 19.8 Å². The molecule has 3 nitrogen and oxygen atoms in total. The van der Waals surface area contributed by atoms with Crippen LogP contribution in [0.3, 0.4) is 0 Å². The van der Waals surface area contributed by atoms with Crippen LogP contribution in [-0.2, 0) is 6.54 Å². The van der Waals surface area contributed by atoms with E-state index in [0.717, 1.165) is 37.2 Å². The van der Waals surface area contributed by atoms with Crippen LogP contribution in [0.15, 0.2) is 12.1 Å². The first kappa shape index (κ1) is 13.1. The summed E-state index contributed by atoms with van der Waals surface area (Å²) in [5.74, 6) is 4.00. The number of terminal acetylenes is 1. The molecule has 0 saturated heterocycles. The molecule has 0 aromatic heterocycles. The lowest BCUT2D eigenvalue weighted by molar-refractivity contribution is 0.171. The summed E-state index contributed by atoms with van der Waals surface area (Å²) in [4.78, 5) is 0. The lowest BCUT2D eigenvalue weighted by Gasteiger charge is -2.20. The average Bonchev–Trinajstić information content (AvgIpc) is 2.39. The number of benzene rings is 1. The van der Waals surface area contributed by atoms with Crippen LogP contribution in [0, 0.1) is 12.3 Å². The summed E-state index contributed by atoms with van der Waals surface area (Å²) in [6, 6.07) is 3.87. The lowest BCUT2D eigenvalue weighted by atomic mass is 10.2. The molecule has 0 amide bonds. The Kier molecular flexibility index (Phi) is 4.74. The number of hydrogen-bond acceptors (Lipinski definition) is 3. The highest BCUT2D eigenvalue weighted by Gasteiger charge is 2.16. The van der Waals surface area contributed by atoms with Gasteiger partial charge in [0.1, 0.15) is 13.2 Å². The maximum atomic E-state index is 6.15. The minimum atomic E-state index is 0.552. The Bertz CT molecular complexity index is 454. The highest BCUT2D eigenvalue weighted by atomic mass is 35.5. The Morgan fingerprint density at radius 1 is 1.33 bits per heavy atom. The van der Waals surface area contributed by atoms with Gasteiger partial charge in [-0.2, -0.15) is 0 Å². The van der Waals surface area contributed by atoms with E-state index in [2.05, 4.69) is 11.2 Å². The monoisotopic (exact) mass is 265 g/mol. The van der Waals surface area contributed by atoms with E-state index in [0.29, 0.717) is 24.0 Å². The molecule has 1 aliphatic heterocycles. The zero-order valence-electron chi connectivity index (χ0n) is 10.2. The number of hydrogen-bond donors (Lipinski definition) is 1. The highest BCUT2D eigenvalue weighted by molar-refractivity contribution is 6.32. The van der Waals surface area contributed by atoms with Gasteiger partial charge in [-0.05, 0) is 30.7 Å². The summed E-state index contributed by atoms with van der Waals surface area (Å²) >= 11 is 6.15. The van der Waals surface area contributed by atoms with Gasteiger partial charge in [-0.3, -0.25) is 0 Å². The Hall–Kier alpha value is -1.37. The van der Waals surface area contributed by atoms with E-state index in [1.165, 1.54) is 0 Å². The van der Waals surface area contributed by atoms with E-state index in [1.807, 2.05) is 12.1 Å². The first-order valence-electron chi connectivity index (χ1n) is 6.03. The summed E-state index contributed by atoms with van der Waals surface area (Å²) in [6.45, 7) is 2.77. The predicted molar refractivity (Wildman–Crippen MR) is 72.2 cm³/mol. The fourth-order valence-corrected chi connectivity index (χ4v) is 2.10. The van der Waals surface area contributed by atoms with Gasteiger partial charge in [0.05, 0.1) is 5.02 Å². The van der Waals surface area contributed by atoms with Crippen molar-refractivity contribution >= 4 is 11.6 Å². The van der Waals surface area contributed by atoms with Crippen molar-refractivity contribution in [3.63, 3.8) is 0 Å². The fourth-order valence-electron chi connectivity index (χ4n) is 1.81. The number of fused-ring (bicyclic) bond motifs is 1. The molecule has 4 heteroatoms. The third-order valence-electron chi connectivity index (χ3n) is 2.66. The quantitative estimate of drug-likeness (QED) is 0.656. The van der Waals surface area contributed by atoms with Gasteiger partial charge in [-0.15, -0.1) is 12.3 Å². The second-order valence-electron chi connectivity index (χ2n) is 4.09. The largest absolute Gasteiger partial charge is 0.486 e. The van der Waals surface area contributed by atoms with Gasteiger partial charge in [0.2, 0.25) is 0 Å². The maximum Gasteiger partial charge on any atom is 0.179 e. The van der Waals surface area contributed by atoms with Crippen LogP contribution in [0.1, 0.15) is 18.4 Å². The van der Waals surface area contributed by atoms with Gasteiger partial charge in [-0.1, -0.05) is 11.6 Å². The normalized spacial score (nSPS) is 13.1. The van der Waals surface area contributed by atoms with Gasteiger partial charge in [-0.25, -0.2) is 0 Å². The molecule has 1 N–H and O–H groups in total. The van der Waals surface area contributed by atoms with E-state index >= 15 is 0 Å². The van der Waals surface area contributed by atoms with Crippen LogP contribution in [0.5, 0.6) is 11.5 Å². The molecule has 0 radical (unpaired) electrons. The van der Waals surface area contributed by atoms with Crippen LogP contribution >= 0.6 is 11.6 Å². The van der Waals surface area contributed by atoms with Gasteiger partial charge in [0.25, 0.3) is 0 Å². The van der Waals surface area contributed by atoms with Gasteiger partial charge in [0, 0.05) is 13.0 Å². The van der Waals surface area contributed by atoms with Gasteiger partial charge in [0.15, 0.2) is 11.5 Å². The molecule has 18 heavy (non-hydrogen) atoms. The summed E-state index contributed by atoms with van der Waals surface area (Å²) < 4.78 is 11.0. The first-order valence-corrected chi connectivity index (χ1v) is 6.41. The molecule has 0 aliphatic carbocycles. The van der Waals surface area contributed by atoms with Crippen LogP contribution < -0.4 is 14.8 Å². The predicted octanol–water partition coefficient (Wildman–Crippen LogP) is 2.61. The fraction of sp³-hybridized carbons (Fsp3) is 0.429. The van der Waals surface area contributed by atoms with E-state index in [4.69, 9.17) is 27.5 Å². The number of rotatable bonds is 5. The third kappa shape index (κ3) is 3.32. The number of halogens is 1. The van der Waals surface area contributed by atoms with E-state index < -0.39 is 0 Å². The molecule has 1 heterocycles. The van der Waals surface area contributed by atoms with E-state index in [-0.39, 0.29) is 0 Å². The molecule has 0 spiro atoms. The molecule has 0 saturated carbocycles. The Morgan fingerprint density at radius 2 is 2.17 bits per heavy atom. The smallest absolute Gasteiger partial charge is 0.179 e. The Morgan fingerprint density at radius 3 is 3.00 bits per heavy atom. The second kappa shape index (κ2) is 6.53. The number of unbranched alkanes of at least 4 members (excludes halogenated alkanes) is 1. The molecule has 0 atom stereocenters. The van der Waals surface area contributed by atoms with Crippen molar-refractivity contribution < 1.29 is 9.47 Å². The zero-order chi connectivity index (χ0) is 12.8. The van der Waals surface area contributed by atoms with Crippen LogP contribution in [0.25, 0.3) is 0 Å². The van der Waals surface area contributed by atoms with Crippen molar-refractivity contribution in [3.8, 4) is 23.8 Å². The molecule has 0 bridgehead atoms. The molecule has 1 aromatic carbocycles. The van der Waals surface area contributed by atoms with Crippen molar-refractivity contribution in [3.05, 3.63) is 22.7 Å². The zero-order valence-corrected chi connectivity index (χ0v) is 10.9. The van der Waals surface area contributed by atoms with Crippen LogP contribution in [0.4, 0.5) is 0 Å². The maximum absolute atomic E-state index is 6.15. The van der Waals surface area contributed by atoms with Gasteiger partial charge < -0.3 is 14.8 Å². The second-order valence-corrected chi connectivity index (χ2v) is 4.49. The molecule has 1 aromatic rings. The topological polar surface area (TPSA) is 30.5 Å². The summed E-state index contributed by atoms with van der Waals surface area (Å²) in [5.41, 5.74) is 1.09. The lowest BCUT2D eigenvalue weighted by Crippen LogP contribution is -2.17. The van der Waals surface area contributed by atoms with Crippen LogP contribution in [0.2, 0.25) is 5.02 Å². The Labute approximate surface area is 112 Å². The van der Waals surface area contributed by atoms with Crippen molar-refractivity contribution in [1.29, 1.82) is 0 Å². The van der Waals surface area contributed by atoms with Crippen molar-refractivity contribution in [2.24, 2.45) is 0 Å². The summed E-state index contributed by atoms with van der Waals surface area (Å²) in [6.07, 6.45) is 6.97. The molecular weight excluding hydrogens is 250 g/mol. The molecule has 2 rings (SSSR count). The SMILES string of the molecule is C#CCCCNCc1cc(Cl)c2c(c1)OCCO2. The molecule has 96 valence electrons. The third-order valence-corrected chi connectivity index (χ3v) is 2.94. The van der Waals surface area contributed by atoms with Crippen LogP contribution in [-0.4, -0.2) is 19.8 Å². The first-order chi connectivity index (χ1) is 8.81. The van der Waals surface area contributed by atoms with E-state index in [1.54, 1.807) is 0 Å². The number of ether oxygens (including phenoxy) is 2. The van der Waals surface area contributed by atoms with Crippen molar-refractivity contribution in [1.82, 2.24) is 5.32 Å². The highest BCUT2D eigenvalue weighted by Crippen LogP contribution is 2.38. The van der Waals surface area contributed by atoms with Crippen molar-refractivity contribution in [2.45, 2.75) is 19.4 Å². The van der Waals surface area contributed by atoms with E-state index in [9.17, 15) is 0 Å². The summed E-state index contributed by atoms with van der Waals surface area (Å²) in [5, 5.41) is 3.92. The van der Waals surface area contributed by atoms with Gasteiger partial charge >= 0.3 is 0 Å². The molecular formula is C14H16ClNO2. The minimum Gasteiger partial charge on any atom is -0.486 e. The Balaban J connectivity index is 1.93. The average molecular weight is 266 g/mol. The number of nitrogens with one attached hydrogen (secondary N) is 1. The molecule has 0 fully saturated rings. The summed E-state index contributed by atoms with van der Waals surface area (Å²) in [7, 11) is 0. The molecule has 1 aliphatic rings. The standard InChI is InChI=1S/C14H16ClNO2/c1-2-3-4-5-16-10-11-8-12(15)14-13(9-11)17-6-7-18-14/h1,8-9,16H,3-7,10H2. The molecule has 0 unspecified atom stereocenters.